The van der Waals surface area contributed by atoms with Crippen molar-refractivity contribution in [1.82, 2.24) is 14.9 Å². The number of carbonyl (C=O) groups excluding carboxylic acids is 1. The van der Waals surface area contributed by atoms with Crippen molar-refractivity contribution < 1.29 is 9.53 Å². The average Bonchev–Trinajstić information content (AvgIpc) is 2.99. The highest BCUT2D eigenvalue weighted by Crippen LogP contribution is 2.21. The summed E-state index contributed by atoms with van der Waals surface area (Å²) in [4.78, 5) is 16.4. The lowest BCUT2D eigenvalue weighted by atomic mass is 10.2. The molecule has 0 atom stereocenters. The third kappa shape index (κ3) is 3.77. The first-order valence-electron chi connectivity index (χ1n) is 7.30. The van der Waals surface area contributed by atoms with E-state index in [0.717, 1.165) is 11.6 Å². The molecule has 1 N–H and O–H groups in total. The molecule has 0 bridgehead atoms. The van der Waals surface area contributed by atoms with Gasteiger partial charge in [-0.1, -0.05) is 24.3 Å². The minimum Gasteiger partial charge on any atom is -0.457 e. The van der Waals surface area contributed by atoms with E-state index in [-0.39, 0.29) is 5.91 Å². The van der Waals surface area contributed by atoms with Gasteiger partial charge in [0.1, 0.15) is 17.3 Å². The van der Waals surface area contributed by atoms with Crippen molar-refractivity contribution in [1.29, 1.82) is 0 Å². The van der Waals surface area contributed by atoms with Gasteiger partial charge in [0.05, 0.1) is 6.54 Å². The predicted octanol–water partition coefficient (Wildman–Crippen LogP) is 3.14. The number of aromatic nitrogens is 2. The van der Waals surface area contributed by atoms with Crippen LogP contribution in [0.5, 0.6) is 11.5 Å². The van der Waals surface area contributed by atoms with Gasteiger partial charge in [-0.2, -0.15) is 0 Å². The minimum atomic E-state index is -0.161. The molecular formula is C18H17N3O2. The average molecular weight is 307 g/mol. The van der Waals surface area contributed by atoms with E-state index in [1.54, 1.807) is 24.4 Å². The van der Waals surface area contributed by atoms with Crippen LogP contribution in [0.3, 0.4) is 0 Å². The molecule has 3 rings (SSSR count). The Balaban J connectivity index is 1.67. The van der Waals surface area contributed by atoms with Crippen LogP contribution in [-0.2, 0) is 13.6 Å². The fraction of sp³-hybridized carbons (Fsp3) is 0.111. The number of aryl methyl sites for hydroxylation is 1. The molecular weight excluding hydrogens is 290 g/mol. The summed E-state index contributed by atoms with van der Waals surface area (Å²) in [7, 11) is 1.89. The van der Waals surface area contributed by atoms with Gasteiger partial charge in [0, 0.05) is 25.0 Å². The molecule has 0 aliphatic heterocycles. The number of imidazole rings is 1. The first-order chi connectivity index (χ1) is 11.2. The molecule has 23 heavy (non-hydrogen) atoms. The molecule has 2 aromatic carbocycles. The van der Waals surface area contributed by atoms with Crippen LogP contribution in [0.15, 0.2) is 67.0 Å². The molecule has 0 saturated heterocycles. The first-order valence-corrected chi connectivity index (χ1v) is 7.30. The Bertz CT molecular complexity index is 797. The lowest BCUT2D eigenvalue weighted by molar-refractivity contribution is 0.0949. The van der Waals surface area contributed by atoms with E-state index in [2.05, 4.69) is 10.3 Å². The van der Waals surface area contributed by atoms with E-state index < -0.39 is 0 Å². The van der Waals surface area contributed by atoms with Crippen molar-refractivity contribution in [3.05, 3.63) is 78.4 Å². The van der Waals surface area contributed by atoms with Gasteiger partial charge in [-0.05, 0) is 30.3 Å². The molecule has 1 amide bonds. The van der Waals surface area contributed by atoms with Crippen molar-refractivity contribution in [2.24, 2.45) is 7.05 Å². The Hall–Kier alpha value is -3.08. The predicted molar refractivity (Wildman–Crippen MR) is 87.3 cm³/mol. The summed E-state index contributed by atoms with van der Waals surface area (Å²) in [6, 6.07) is 16.6. The number of nitrogens with one attached hydrogen (secondary N) is 1. The van der Waals surface area contributed by atoms with Crippen molar-refractivity contribution >= 4 is 5.91 Å². The summed E-state index contributed by atoms with van der Waals surface area (Å²) in [5.74, 6) is 2.00. The maximum atomic E-state index is 12.3. The number of nitrogens with zero attached hydrogens (tertiary/aromatic N) is 2. The van der Waals surface area contributed by atoms with E-state index in [9.17, 15) is 4.79 Å². The molecule has 0 fully saturated rings. The molecule has 0 aliphatic rings. The molecule has 5 nitrogen and oxygen atoms in total. The summed E-state index contributed by atoms with van der Waals surface area (Å²) in [6.07, 6.45) is 3.55. The number of benzene rings is 2. The Labute approximate surface area is 134 Å². The Morgan fingerprint density at radius 2 is 1.91 bits per heavy atom. The molecule has 1 heterocycles. The summed E-state index contributed by atoms with van der Waals surface area (Å²) >= 11 is 0. The zero-order valence-corrected chi connectivity index (χ0v) is 12.8. The van der Waals surface area contributed by atoms with Crippen LogP contribution in [0.2, 0.25) is 0 Å². The number of hydrogen-bond donors (Lipinski definition) is 1. The van der Waals surface area contributed by atoms with Gasteiger partial charge in [-0.15, -0.1) is 0 Å². The fourth-order valence-electron chi connectivity index (χ4n) is 2.15. The number of para-hydroxylation sites is 1. The smallest absolute Gasteiger partial charge is 0.251 e. The molecule has 0 saturated carbocycles. The highest BCUT2D eigenvalue weighted by Gasteiger charge is 2.08. The molecule has 116 valence electrons. The Morgan fingerprint density at radius 1 is 1.13 bits per heavy atom. The monoisotopic (exact) mass is 307 g/mol. The van der Waals surface area contributed by atoms with Gasteiger partial charge in [-0.25, -0.2) is 4.98 Å². The first kappa shape index (κ1) is 14.8. The van der Waals surface area contributed by atoms with Crippen molar-refractivity contribution in [3.63, 3.8) is 0 Å². The Kier molecular flexibility index (Phi) is 4.38. The van der Waals surface area contributed by atoms with Crippen LogP contribution in [-0.4, -0.2) is 15.5 Å². The SMILES string of the molecule is Cn1ccnc1CNC(=O)c1cccc(Oc2ccccc2)c1. The van der Waals surface area contributed by atoms with E-state index in [1.165, 1.54) is 0 Å². The van der Waals surface area contributed by atoms with Gasteiger partial charge >= 0.3 is 0 Å². The van der Waals surface area contributed by atoms with Crippen molar-refractivity contribution in [2.75, 3.05) is 0 Å². The van der Waals surface area contributed by atoms with Crippen LogP contribution in [0, 0.1) is 0 Å². The molecule has 0 unspecified atom stereocenters. The zero-order chi connectivity index (χ0) is 16.1. The maximum Gasteiger partial charge on any atom is 0.251 e. The molecule has 0 spiro atoms. The van der Waals surface area contributed by atoms with Crippen LogP contribution in [0.25, 0.3) is 0 Å². The number of ether oxygens (including phenoxy) is 1. The van der Waals surface area contributed by atoms with E-state index in [0.29, 0.717) is 17.9 Å². The number of rotatable bonds is 5. The van der Waals surface area contributed by atoms with Gasteiger partial charge < -0.3 is 14.6 Å². The molecule has 1 aromatic heterocycles. The second-order valence-corrected chi connectivity index (χ2v) is 5.08. The van der Waals surface area contributed by atoms with E-state index in [4.69, 9.17) is 4.74 Å². The Morgan fingerprint density at radius 3 is 2.65 bits per heavy atom. The summed E-state index contributed by atoms with van der Waals surface area (Å²) in [5, 5.41) is 2.86. The third-order valence-corrected chi connectivity index (χ3v) is 3.40. The second-order valence-electron chi connectivity index (χ2n) is 5.08. The normalized spacial score (nSPS) is 10.3. The van der Waals surface area contributed by atoms with Crippen molar-refractivity contribution in [3.8, 4) is 11.5 Å². The quantitative estimate of drug-likeness (QED) is 0.788. The fourth-order valence-corrected chi connectivity index (χ4v) is 2.15. The maximum absolute atomic E-state index is 12.3. The second kappa shape index (κ2) is 6.79. The van der Waals surface area contributed by atoms with Crippen LogP contribution >= 0.6 is 0 Å². The molecule has 5 heteroatoms. The minimum absolute atomic E-state index is 0.161. The molecule has 0 radical (unpaired) electrons. The largest absolute Gasteiger partial charge is 0.457 e. The number of amides is 1. The number of carbonyl (C=O) groups is 1. The summed E-state index contributed by atoms with van der Waals surface area (Å²) < 4.78 is 7.61. The van der Waals surface area contributed by atoms with Gasteiger partial charge in [0.2, 0.25) is 0 Å². The van der Waals surface area contributed by atoms with Crippen LogP contribution < -0.4 is 10.1 Å². The van der Waals surface area contributed by atoms with Gasteiger partial charge in [0.15, 0.2) is 0 Å². The third-order valence-electron chi connectivity index (χ3n) is 3.40. The lowest BCUT2D eigenvalue weighted by Gasteiger charge is -2.08. The van der Waals surface area contributed by atoms with Crippen LogP contribution in [0.1, 0.15) is 16.2 Å². The highest BCUT2D eigenvalue weighted by molar-refractivity contribution is 5.94. The van der Waals surface area contributed by atoms with Crippen LogP contribution in [0.4, 0.5) is 0 Å². The summed E-state index contributed by atoms with van der Waals surface area (Å²) in [6.45, 7) is 0.381. The topological polar surface area (TPSA) is 56.2 Å². The summed E-state index contributed by atoms with van der Waals surface area (Å²) in [5.41, 5.74) is 0.549. The molecule has 0 aliphatic carbocycles. The number of hydrogen-bond acceptors (Lipinski definition) is 3. The van der Waals surface area contributed by atoms with Gasteiger partial charge in [0.25, 0.3) is 5.91 Å². The van der Waals surface area contributed by atoms with E-state index in [1.807, 2.05) is 54.2 Å². The van der Waals surface area contributed by atoms with E-state index >= 15 is 0 Å². The lowest BCUT2D eigenvalue weighted by Crippen LogP contribution is -2.24. The zero-order valence-electron chi connectivity index (χ0n) is 12.8. The standard InChI is InChI=1S/C18H17N3O2/c1-21-11-10-19-17(21)13-20-18(22)14-6-5-9-16(12-14)23-15-7-3-2-4-8-15/h2-12H,13H2,1H3,(H,20,22). The van der Waals surface area contributed by atoms with Crippen molar-refractivity contribution in [2.45, 2.75) is 6.54 Å². The highest BCUT2D eigenvalue weighted by atomic mass is 16.5. The van der Waals surface area contributed by atoms with Gasteiger partial charge in [-0.3, -0.25) is 4.79 Å². The molecule has 3 aromatic rings.